The topological polar surface area (TPSA) is 7.76 Å². The maximum Gasteiger partial charge on any atom is 0.213 e. The first-order valence-electron chi connectivity index (χ1n) is 16.1. The van der Waals surface area contributed by atoms with Gasteiger partial charge in [0.1, 0.15) is 6.54 Å². The standard InChI is InChI=1S/C41H46N2/c1-7-40(6)41(8-2,37-24-15-14-23-35(37)38-25-16-19-32(5)43(38)40)26-17-27-42-29-36(33-20-10-9-11-21-33)31(4)28-39(42)34-22-13-12-18-30(34)3/h9-16,18-25,28-29H,7-8,17,26-27H2,1-6H3/q+2. The lowest BCUT2D eigenvalue weighted by molar-refractivity contribution is -0.771. The molecule has 0 radical (unpaired) electrons. The third-order valence-corrected chi connectivity index (χ3v) is 10.6. The molecule has 2 nitrogen and oxygen atoms in total. The van der Waals surface area contributed by atoms with Crippen molar-refractivity contribution in [2.24, 2.45) is 0 Å². The number of pyridine rings is 2. The molecule has 0 saturated heterocycles. The summed E-state index contributed by atoms with van der Waals surface area (Å²) in [5.74, 6) is 0. The van der Waals surface area contributed by atoms with Crippen molar-refractivity contribution in [2.45, 2.75) is 84.7 Å². The van der Waals surface area contributed by atoms with Crippen LogP contribution in [-0.2, 0) is 17.5 Å². The second-order valence-corrected chi connectivity index (χ2v) is 12.7. The van der Waals surface area contributed by atoms with Crippen LogP contribution in [0.1, 0.15) is 68.8 Å². The second kappa shape index (κ2) is 11.6. The molecule has 0 aliphatic carbocycles. The SMILES string of the molecule is CCC1(CCC[n+]2cc(-c3ccccc3)c(C)cc2-c2ccccc2C)c2ccccc2-c2cccc(C)[n+]2C1(C)CC. The highest BCUT2D eigenvalue weighted by molar-refractivity contribution is 5.69. The average Bonchev–Trinajstić information content (AvgIpc) is 3.03. The lowest BCUT2D eigenvalue weighted by Crippen LogP contribution is -2.69. The zero-order valence-corrected chi connectivity index (χ0v) is 26.8. The van der Waals surface area contributed by atoms with Gasteiger partial charge < -0.3 is 0 Å². The van der Waals surface area contributed by atoms with Gasteiger partial charge in [0, 0.05) is 56.0 Å². The first kappa shape index (κ1) is 29.1. The molecule has 2 aromatic heterocycles. The van der Waals surface area contributed by atoms with E-state index in [-0.39, 0.29) is 11.0 Å². The van der Waals surface area contributed by atoms with Gasteiger partial charge in [-0.3, -0.25) is 0 Å². The van der Waals surface area contributed by atoms with E-state index in [0.717, 1.165) is 32.2 Å². The van der Waals surface area contributed by atoms with Crippen molar-refractivity contribution in [3.05, 3.63) is 132 Å². The van der Waals surface area contributed by atoms with Gasteiger partial charge in [-0.2, -0.15) is 9.13 Å². The fourth-order valence-corrected chi connectivity index (χ4v) is 8.20. The monoisotopic (exact) mass is 566 g/mol. The normalized spacial score (nSPS) is 19.1. The lowest BCUT2D eigenvalue weighted by Gasteiger charge is -2.48. The van der Waals surface area contributed by atoms with Crippen molar-refractivity contribution in [1.82, 2.24) is 0 Å². The van der Waals surface area contributed by atoms with Gasteiger partial charge in [0.2, 0.25) is 11.4 Å². The van der Waals surface area contributed by atoms with E-state index in [2.05, 4.69) is 160 Å². The smallest absolute Gasteiger partial charge is 0.198 e. The van der Waals surface area contributed by atoms with E-state index in [1.165, 1.54) is 56.0 Å². The number of hydrogen-bond donors (Lipinski definition) is 0. The minimum absolute atomic E-state index is 0.0250. The number of aryl methyl sites for hydroxylation is 4. The Morgan fingerprint density at radius 1 is 0.628 bits per heavy atom. The van der Waals surface area contributed by atoms with E-state index in [0.29, 0.717) is 0 Å². The van der Waals surface area contributed by atoms with Crippen LogP contribution in [0.2, 0.25) is 0 Å². The first-order chi connectivity index (χ1) is 20.8. The lowest BCUT2D eigenvalue weighted by atomic mass is 9.57. The Bertz CT molecular complexity index is 1770. The van der Waals surface area contributed by atoms with Crippen molar-refractivity contribution in [3.63, 3.8) is 0 Å². The summed E-state index contributed by atoms with van der Waals surface area (Å²) in [7, 11) is 0. The summed E-state index contributed by atoms with van der Waals surface area (Å²) in [5.41, 5.74) is 13.5. The molecule has 0 amide bonds. The van der Waals surface area contributed by atoms with Gasteiger partial charge in [0.15, 0.2) is 17.4 Å². The zero-order chi connectivity index (χ0) is 30.2. The van der Waals surface area contributed by atoms with Gasteiger partial charge in [-0.15, -0.1) is 0 Å². The second-order valence-electron chi connectivity index (χ2n) is 12.7. The van der Waals surface area contributed by atoms with Gasteiger partial charge in [-0.25, -0.2) is 0 Å². The van der Waals surface area contributed by atoms with Crippen LogP contribution in [0.15, 0.2) is 109 Å². The maximum atomic E-state index is 2.67. The van der Waals surface area contributed by atoms with Crippen LogP contribution in [-0.4, -0.2) is 0 Å². The number of rotatable bonds is 8. The number of aromatic nitrogens is 2. The molecule has 0 bridgehead atoms. The molecule has 3 heterocycles. The third-order valence-electron chi connectivity index (χ3n) is 10.6. The Kier molecular flexibility index (Phi) is 7.81. The Hall–Kier alpha value is -4.04. The summed E-state index contributed by atoms with van der Waals surface area (Å²) in [6.07, 6.45) is 6.82. The van der Waals surface area contributed by atoms with Crippen molar-refractivity contribution in [2.75, 3.05) is 0 Å². The Morgan fingerprint density at radius 3 is 2.05 bits per heavy atom. The fraction of sp³-hybridized carbons (Fsp3) is 0.317. The first-order valence-corrected chi connectivity index (χ1v) is 16.1. The summed E-state index contributed by atoms with van der Waals surface area (Å²) < 4.78 is 5.20. The van der Waals surface area contributed by atoms with Crippen LogP contribution < -0.4 is 9.13 Å². The van der Waals surface area contributed by atoms with Crippen molar-refractivity contribution < 1.29 is 9.13 Å². The fourth-order valence-electron chi connectivity index (χ4n) is 8.20. The molecule has 2 heteroatoms. The van der Waals surface area contributed by atoms with Gasteiger partial charge >= 0.3 is 0 Å². The largest absolute Gasteiger partial charge is 0.213 e. The number of hydrogen-bond acceptors (Lipinski definition) is 0. The Morgan fingerprint density at radius 2 is 1.33 bits per heavy atom. The zero-order valence-electron chi connectivity index (χ0n) is 26.8. The van der Waals surface area contributed by atoms with E-state index in [1.54, 1.807) is 0 Å². The summed E-state index contributed by atoms with van der Waals surface area (Å²) in [6, 6.07) is 38.1. The number of benzene rings is 3. The molecule has 0 N–H and O–H groups in total. The number of nitrogens with zero attached hydrogens (tertiary/aromatic N) is 2. The molecule has 0 fully saturated rings. The van der Waals surface area contributed by atoms with E-state index in [9.17, 15) is 0 Å². The summed E-state index contributed by atoms with van der Waals surface area (Å²) >= 11 is 0. The van der Waals surface area contributed by atoms with E-state index in [1.807, 2.05) is 0 Å². The van der Waals surface area contributed by atoms with Gasteiger partial charge in [0.25, 0.3) is 0 Å². The van der Waals surface area contributed by atoms with Crippen LogP contribution in [0.3, 0.4) is 0 Å². The third kappa shape index (κ3) is 4.72. The quantitative estimate of drug-likeness (QED) is 0.165. The molecule has 2 unspecified atom stereocenters. The molecule has 0 spiro atoms. The van der Waals surface area contributed by atoms with E-state index >= 15 is 0 Å². The van der Waals surface area contributed by atoms with Crippen LogP contribution in [0.25, 0.3) is 33.6 Å². The van der Waals surface area contributed by atoms with E-state index in [4.69, 9.17) is 0 Å². The summed E-state index contributed by atoms with van der Waals surface area (Å²) in [6.45, 7) is 15.1. The minimum Gasteiger partial charge on any atom is -0.198 e. The van der Waals surface area contributed by atoms with Crippen molar-refractivity contribution in [3.8, 4) is 33.6 Å². The molecule has 218 valence electrons. The van der Waals surface area contributed by atoms with Gasteiger partial charge in [0.05, 0.1) is 11.0 Å². The predicted octanol–water partition coefficient (Wildman–Crippen LogP) is 9.45. The summed E-state index contributed by atoms with van der Waals surface area (Å²) in [4.78, 5) is 0. The molecule has 3 aromatic carbocycles. The van der Waals surface area contributed by atoms with Crippen molar-refractivity contribution in [1.29, 1.82) is 0 Å². The minimum atomic E-state index is -0.0250. The van der Waals surface area contributed by atoms with E-state index < -0.39 is 0 Å². The molecule has 6 rings (SSSR count). The Labute approximate surface area is 258 Å². The maximum absolute atomic E-state index is 2.67. The molecule has 0 saturated carbocycles. The number of fused-ring (bicyclic) bond motifs is 3. The van der Waals surface area contributed by atoms with Crippen LogP contribution in [0.5, 0.6) is 0 Å². The van der Waals surface area contributed by atoms with Crippen LogP contribution in [0.4, 0.5) is 0 Å². The Balaban J connectivity index is 1.44. The predicted molar refractivity (Wildman–Crippen MR) is 179 cm³/mol. The highest BCUT2D eigenvalue weighted by Gasteiger charge is 2.59. The molecule has 1 aliphatic heterocycles. The molecule has 2 atom stereocenters. The van der Waals surface area contributed by atoms with Gasteiger partial charge in [-0.05, 0) is 67.1 Å². The molecule has 43 heavy (non-hydrogen) atoms. The summed E-state index contributed by atoms with van der Waals surface area (Å²) in [5, 5.41) is 0. The molecule has 1 aliphatic rings. The van der Waals surface area contributed by atoms with Gasteiger partial charge in [-0.1, -0.05) is 80.6 Å². The molecular weight excluding hydrogens is 520 g/mol. The molecule has 5 aromatic rings. The highest BCUT2D eigenvalue weighted by Crippen LogP contribution is 2.52. The molecular formula is C41H46N2+2. The highest BCUT2D eigenvalue weighted by atomic mass is 15.1. The van der Waals surface area contributed by atoms with Crippen molar-refractivity contribution >= 4 is 0 Å². The van der Waals surface area contributed by atoms with Crippen LogP contribution in [0, 0.1) is 20.8 Å². The van der Waals surface area contributed by atoms with Crippen LogP contribution >= 0.6 is 0 Å². The average molecular weight is 567 g/mol.